The minimum absolute atomic E-state index is 0.0922. The van der Waals surface area contributed by atoms with Crippen LogP contribution >= 0.6 is 15.9 Å². The maximum atomic E-state index is 13.4. The van der Waals surface area contributed by atoms with Crippen molar-refractivity contribution in [2.45, 2.75) is 45.2 Å². The summed E-state index contributed by atoms with van der Waals surface area (Å²) in [4.78, 5) is 13.2. The normalized spacial score (nSPS) is 12.5. The summed E-state index contributed by atoms with van der Waals surface area (Å²) < 4.78 is 28.9. The lowest BCUT2D eigenvalue weighted by molar-refractivity contribution is -0.122. The molecule has 0 saturated carbocycles. The predicted octanol–water partition coefficient (Wildman–Crippen LogP) is 5.44. The van der Waals surface area contributed by atoms with Crippen LogP contribution in [0.5, 0.6) is 0 Å². The molecule has 0 heterocycles. The lowest BCUT2D eigenvalue weighted by Crippen LogP contribution is -2.41. The maximum Gasteiger partial charge on any atom is 0.243 e. The van der Waals surface area contributed by atoms with Gasteiger partial charge in [0.25, 0.3) is 0 Å². The Bertz CT molecular complexity index is 1230. The maximum absolute atomic E-state index is 13.4. The number of hydrogen-bond donors (Lipinski definition) is 1. The van der Waals surface area contributed by atoms with Gasteiger partial charge in [-0.1, -0.05) is 58.4 Å². The molecule has 1 unspecified atom stereocenters. The highest BCUT2D eigenvalue weighted by Gasteiger charge is 2.27. The molecule has 0 bridgehead atoms. The first-order valence-corrected chi connectivity index (χ1v) is 13.0. The number of sulfonamides is 1. The summed E-state index contributed by atoms with van der Waals surface area (Å²) in [7, 11) is -3.86. The summed E-state index contributed by atoms with van der Waals surface area (Å²) in [6.45, 7) is 7.85. The lowest BCUT2D eigenvalue weighted by Gasteiger charge is -2.24. The van der Waals surface area contributed by atoms with Crippen LogP contribution in [0.4, 0.5) is 0 Å². The molecule has 7 heteroatoms. The topological polar surface area (TPSA) is 66.5 Å². The van der Waals surface area contributed by atoms with Crippen molar-refractivity contribution in [3.8, 4) is 0 Å². The van der Waals surface area contributed by atoms with Gasteiger partial charge in [-0.25, -0.2) is 8.42 Å². The fourth-order valence-corrected chi connectivity index (χ4v) is 5.41. The van der Waals surface area contributed by atoms with Gasteiger partial charge in [0, 0.05) is 11.0 Å². The molecule has 174 valence electrons. The Morgan fingerprint density at radius 1 is 0.939 bits per heavy atom. The van der Waals surface area contributed by atoms with Crippen molar-refractivity contribution in [2.75, 3.05) is 6.54 Å². The van der Waals surface area contributed by atoms with Crippen molar-refractivity contribution < 1.29 is 13.2 Å². The van der Waals surface area contributed by atoms with E-state index in [-0.39, 0.29) is 29.9 Å². The van der Waals surface area contributed by atoms with E-state index in [1.54, 1.807) is 30.3 Å². The molecule has 33 heavy (non-hydrogen) atoms. The Morgan fingerprint density at radius 2 is 1.55 bits per heavy atom. The van der Waals surface area contributed by atoms with Crippen molar-refractivity contribution >= 4 is 31.9 Å². The van der Waals surface area contributed by atoms with Gasteiger partial charge in [0.2, 0.25) is 15.9 Å². The lowest BCUT2D eigenvalue weighted by atomic mass is 9.96. The predicted molar refractivity (Wildman–Crippen MR) is 135 cm³/mol. The number of halogens is 1. The Labute approximate surface area is 205 Å². The van der Waals surface area contributed by atoms with E-state index in [4.69, 9.17) is 0 Å². The van der Waals surface area contributed by atoms with Crippen LogP contribution < -0.4 is 5.32 Å². The van der Waals surface area contributed by atoms with Gasteiger partial charge in [0.15, 0.2) is 0 Å². The fourth-order valence-electron chi connectivity index (χ4n) is 3.74. The molecular weight excluding hydrogens is 500 g/mol. The molecule has 3 rings (SSSR count). The third-order valence-corrected chi connectivity index (χ3v) is 8.03. The van der Waals surface area contributed by atoms with Gasteiger partial charge in [0.05, 0.1) is 17.5 Å². The van der Waals surface area contributed by atoms with Crippen molar-refractivity contribution in [1.29, 1.82) is 0 Å². The number of nitrogens with zero attached hydrogens (tertiary/aromatic N) is 1. The molecule has 0 spiro atoms. The number of benzene rings is 3. The summed E-state index contributed by atoms with van der Waals surface area (Å²) in [5, 5.41) is 2.98. The van der Waals surface area contributed by atoms with Crippen molar-refractivity contribution in [3.63, 3.8) is 0 Å². The van der Waals surface area contributed by atoms with Gasteiger partial charge in [-0.3, -0.25) is 4.79 Å². The second-order valence-electron chi connectivity index (χ2n) is 8.29. The number of amides is 1. The number of hydrogen-bond acceptors (Lipinski definition) is 3. The molecule has 1 atom stereocenters. The van der Waals surface area contributed by atoms with E-state index in [0.717, 1.165) is 26.7 Å². The summed E-state index contributed by atoms with van der Waals surface area (Å²) in [6.07, 6.45) is 0. The number of carbonyl (C=O) groups excluding carboxylic acids is 1. The van der Waals surface area contributed by atoms with Gasteiger partial charge in [0.1, 0.15) is 0 Å². The summed E-state index contributed by atoms with van der Waals surface area (Å²) in [5.41, 5.74) is 5.26. The van der Waals surface area contributed by atoms with Crippen LogP contribution in [0.25, 0.3) is 0 Å². The van der Waals surface area contributed by atoms with Gasteiger partial charge >= 0.3 is 0 Å². The molecule has 1 N–H and O–H groups in total. The van der Waals surface area contributed by atoms with E-state index < -0.39 is 10.0 Å². The van der Waals surface area contributed by atoms with Crippen molar-refractivity contribution in [1.82, 2.24) is 9.62 Å². The van der Waals surface area contributed by atoms with Crippen LogP contribution in [0.2, 0.25) is 0 Å². The minimum Gasteiger partial charge on any atom is -0.348 e. The monoisotopic (exact) mass is 528 g/mol. The first-order chi connectivity index (χ1) is 15.6. The number of aryl methyl sites for hydroxylation is 3. The third kappa shape index (κ3) is 6.31. The molecule has 0 aliphatic heterocycles. The zero-order chi connectivity index (χ0) is 24.2. The molecule has 0 saturated heterocycles. The smallest absolute Gasteiger partial charge is 0.243 e. The molecular formula is C26H29BrN2O3S. The zero-order valence-corrected chi connectivity index (χ0v) is 21.7. The van der Waals surface area contributed by atoms with Crippen molar-refractivity contribution in [3.05, 3.63) is 99.0 Å². The van der Waals surface area contributed by atoms with E-state index in [2.05, 4.69) is 40.3 Å². The quantitative estimate of drug-likeness (QED) is 0.423. The SMILES string of the molecule is Cc1cc(C)c(C(C)NC(=O)CN(Cc2ccc(Br)cc2)S(=O)(=O)c2ccccc2)cc1C. The van der Waals surface area contributed by atoms with E-state index in [1.807, 2.05) is 45.0 Å². The Balaban J connectivity index is 1.84. The van der Waals surface area contributed by atoms with Gasteiger partial charge in [-0.2, -0.15) is 4.31 Å². The molecule has 1 amide bonds. The highest BCUT2D eigenvalue weighted by Crippen LogP contribution is 2.23. The van der Waals surface area contributed by atoms with Crippen LogP contribution in [0.3, 0.4) is 0 Å². The molecule has 5 nitrogen and oxygen atoms in total. The fraction of sp³-hybridized carbons (Fsp3) is 0.269. The first-order valence-electron chi connectivity index (χ1n) is 10.7. The van der Waals surface area contributed by atoms with Gasteiger partial charge in [-0.05, 0) is 79.8 Å². The summed E-state index contributed by atoms with van der Waals surface area (Å²) >= 11 is 3.40. The van der Waals surface area contributed by atoms with E-state index in [0.29, 0.717) is 0 Å². The van der Waals surface area contributed by atoms with Crippen LogP contribution in [0.1, 0.15) is 40.8 Å². The minimum atomic E-state index is -3.86. The molecule has 0 aromatic heterocycles. The average Bonchev–Trinajstić information content (AvgIpc) is 2.77. The van der Waals surface area contributed by atoms with E-state index in [1.165, 1.54) is 9.87 Å². The molecule has 3 aromatic rings. The second-order valence-corrected chi connectivity index (χ2v) is 11.1. The van der Waals surface area contributed by atoms with Crippen molar-refractivity contribution in [2.24, 2.45) is 0 Å². The first kappa shape index (κ1) is 25.1. The number of rotatable bonds is 8. The zero-order valence-electron chi connectivity index (χ0n) is 19.3. The highest BCUT2D eigenvalue weighted by molar-refractivity contribution is 9.10. The van der Waals surface area contributed by atoms with E-state index in [9.17, 15) is 13.2 Å². The molecule has 3 aromatic carbocycles. The standard InChI is InChI=1S/C26H29BrN2O3S/c1-18-14-20(3)25(15-19(18)2)21(4)28-26(30)17-29(16-22-10-12-23(27)13-11-22)33(31,32)24-8-6-5-7-9-24/h5-15,21H,16-17H2,1-4H3,(H,28,30). The third-order valence-electron chi connectivity index (χ3n) is 5.70. The summed E-state index contributed by atoms with van der Waals surface area (Å²) in [5.74, 6) is -0.350. The largest absolute Gasteiger partial charge is 0.348 e. The molecule has 0 fully saturated rings. The van der Waals surface area contributed by atoms with Gasteiger partial charge in [-0.15, -0.1) is 0 Å². The van der Waals surface area contributed by atoms with Crippen LogP contribution in [0.15, 0.2) is 76.1 Å². The molecule has 0 radical (unpaired) electrons. The highest BCUT2D eigenvalue weighted by atomic mass is 79.9. The second kappa shape index (κ2) is 10.6. The molecule has 0 aliphatic carbocycles. The number of nitrogens with one attached hydrogen (secondary N) is 1. The van der Waals surface area contributed by atoms with Crippen LogP contribution in [-0.4, -0.2) is 25.2 Å². The Kier molecular flexibility index (Phi) is 8.10. The van der Waals surface area contributed by atoms with Gasteiger partial charge < -0.3 is 5.32 Å². The Morgan fingerprint density at radius 3 is 2.18 bits per heavy atom. The van der Waals surface area contributed by atoms with Crippen LogP contribution in [-0.2, 0) is 21.4 Å². The summed E-state index contributed by atoms with van der Waals surface area (Å²) in [6, 6.07) is 19.5. The number of carbonyl (C=O) groups is 1. The average molecular weight is 530 g/mol. The van der Waals surface area contributed by atoms with E-state index >= 15 is 0 Å². The Hall–Kier alpha value is -2.48. The van der Waals surface area contributed by atoms with Crippen LogP contribution in [0, 0.1) is 20.8 Å². The molecule has 0 aliphatic rings.